The topological polar surface area (TPSA) is 48.0 Å². The second-order valence-electron chi connectivity index (χ2n) is 7.03. The van der Waals surface area contributed by atoms with Crippen molar-refractivity contribution in [3.05, 3.63) is 77.5 Å². The van der Waals surface area contributed by atoms with Crippen molar-refractivity contribution < 1.29 is 5.11 Å². The smallest absolute Gasteiger partial charge is 0.0834 e. The molecular weight excluding hydrogens is 352 g/mol. The lowest BCUT2D eigenvalue weighted by atomic mass is 9.94. The number of benzene rings is 2. The number of aliphatic hydroxyl groups excluding tert-OH is 1. The van der Waals surface area contributed by atoms with Gasteiger partial charge in [0.15, 0.2) is 0 Å². The van der Waals surface area contributed by atoms with Crippen molar-refractivity contribution in [1.29, 1.82) is 0 Å². The van der Waals surface area contributed by atoms with E-state index in [9.17, 15) is 5.11 Å². The van der Waals surface area contributed by atoms with Crippen LogP contribution in [0.5, 0.6) is 0 Å². The molecule has 140 valence electrons. The van der Waals surface area contributed by atoms with E-state index in [-0.39, 0.29) is 6.61 Å². The summed E-state index contributed by atoms with van der Waals surface area (Å²) in [6.45, 7) is 1.02. The molecule has 27 heavy (non-hydrogen) atoms. The summed E-state index contributed by atoms with van der Waals surface area (Å²) in [6, 6.07) is 19.6. The molecule has 2 heterocycles. The van der Waals surface area contributed by atoms with Crippen LogP contribution in [0, 0.1) is 0 Å². The lowest BCUT2D eigenvalue weighted by Crippen LogP contribution is -2.33. The van der Waals surface area contributed by atoms with E-state index in [0.717, 1.165) is 42.1 Å². The Bertz CT molecular complexity index is 917. The van der Waals surface area contributed by atoms with Gasteiger partial charge in [-0.1, -0.05) is 54.6 Å². The van der Waals surface area contributed by atoms with E-state index in [1.54, 1.807) is 0 Å². The second-order valence-corrected chi connectivity index (χ2v) is 8.14. The monoisotopic (exact) mass is 378 g/mol. The van der Waals surface area contributed by atoms with E-state index in [2.05, 4.69) is 64.9 Å². The van der Waals surface area contributed by atoms with Gasteiger partial charge >= 0.3 is 0 Å². The standard InChI is InChI=1S/C23H26N2OS/c26-15-23-21(20-8-4-5-9-22(20)25-23)16-27-13-11-19-14-18(10-12-24-19)17-6-2-1-3-7-17/h1-10,19,24-26H,11-16H2. The van der Waals surface area contributed by atoms with Gasteiger partial charge in [0.1, 0.15) is 0 Å². The van der Waals surface area contributed by atoms with Crippen molar-refractivity contribution in [3.63, 3.8) is 0 Å². The number of hydrogen-bond acceptors (Lipinski definition) is 3. The maximum Gasteiger partial charge on any atom is 0.0834 e. The van der Waals surface area contributed by atoms with Crippen LogP contribution in [0.2, 0.25) is 0 Å². The molecular formula is C23H26N2OS. The van der Waals surface area contributed by atoms with Crippen LogP contribution in [0.15, 0.2) is 60.7 Å². The Hall–Kier alpha value is -2.01. The molecule has 1 atom stereocenters. The van der Waals surface area contributed by atoms with Crippen molar-refractivity contribution in [2.45, 2.75) is 31.2 Å². The Morgan fingerprint density at radius 3 is 2.70 bits per heavy atom. The molecule has 1 aromatic heterocycles. The molecule has 0 spiro atoms. The molecule has 4 heteroatoms. The van der Waals surface area contributed by atoms with E-state index in [0.29, 0.717) is 6.04 Å². The number of rotatable bonds is 7. The molecule has 0 bridgehead atoms. The number of H-pyrrole nitrogens is 1. The first-order valence-electron chi connectivity index (χ1n) is 9.60. The highest BCUT2D eigenvalue weighted by Gasteiger charge is 2.16. The molecule has 0 radical (unpaired) electrons. The van der Waals surface area contributed by atoms with E-state index in [1.807, 2.05) is 17.8 Å². The predicted octanol–water partition coefficient (Wildman–Crippen LogP) is 4.73. The quantitative estimate of drug-likeness (QED) is 0.521. The third-order valence-electron chi connectivity index (χ3n) is 5.28. The Balaban J connectivity index is 1.32. The minimum atomic E-state index is 0.0694. The first-order chi connectivity index (χ1) is 13.3. The third-order valence-corrected chi connectivity index (χ3v) is 6.30. The van der Waals surface area contributed by atoms with Crippen molar-refractivity contribution in [1.82, 2.24) is 10.3 Å². The SMILES string of the molecule is OCc1[nH]c2ccccc2c1CSCCC1CC(c2ccccc2)=CCN1. The number of thioether (sulfide) groups is 1. The normalized spacial score (nSPS) is 17.2. The van der Waals surface area contributed by atoms with Crippen LogP contribution < -0.4 is 5.32 Å². The molecule has 0 saturated carbocycles. The summed E-state index contributed by atoms with van der Waals surface area (Å²) in [5, 5.41) is 14.5. The lowest BCUT2D eigenvalue weighted by Gasteiger charge is -2.24. The van der Waals surface area contributed by atoms with Crippen molar-refractivity contribution in [2.24, 2.45) is 0 Å². The molecule has 3 N–H and O–H groups in total. The zero-order valence-electron chi connectivity index (χ0n) is 15.4. The fraction of sp³-hybridized carbons (Fsp3) is 0.304. The minimum Gasteiger partial charge on any atom is -0.390 e. The highest BCUT2D eigenvalue weighted by atomic mass is 32.2. The molecule has 2 aromatic carbocycles. The predicted molar refractivity (Wildman–Crippen MR) is 116 cm³/mol. The minimum absolute atomic E-state index is 0.0694. The number of aromatic amines is 1. The van der Waals surface area contributed by atoms with Crippen LogP contribution in [0.4, 0.5) is 0 Å². The first-order valence-corrected chi connectivity index (χ1v) is 10.8. The Morgan fingerprint density at radius 2 is 1.85 bits per heavy atom. The summed E-state index contributed by atoms with van der Waals surface area (Å²) in [5.74, 6) is 2.05. The molecule has 1 aliphatic heterocycles. The largest absolute Gasteiger partial charge is 0.390 e. The number of hydrogen-bond donors (Lipinski definition) is 3. The Morgan fingerprint density at radius 1 is 1.04 bits per heavy atom. The first kappa shape index (κ1) is 18.4. The average molecular weight is 379 g/mol. The summed E-state index contributed by atoms with van der Waals surface area (Å²) >= 11 is 1.96. The molecule has 0 fully saturated rings. The van der Waals surface area contributed by atoms with Gasteiger partial charge in [0, 0.05) is 34.9 Å². The molecule has 3 aromatic rings. The van der Waals surface area contributed by atoms with Gasteiger partial charge in [-0.15, -0.1) is 0 Å². The fourth-order valence-corrected chi connectivity index (χ4v) is 4.95. The van der Waals surface area contributed by atoms with Crippen LogP contribution >= 0.6 is 11.8 Å². The summed E-state index contributed by atoms with van der Waals surface area (Å²) < 4.78 is 0. The summed E-state index contributed by atoms with van der Waals surface area (Å²) in [6.07, 6.45) is 4.57. The van der Waals surface area contributed by atoms with Gasteiger partial charge in [0.05, 0.1) is 6.61 Å². The van der Waals surface area contributed by atoms with Crippen LogP contribution in [-0.2, 0) is 12.4 Å². The zero-order valence-corrected chi connectivity index (χ0v) is 16.3. The van der Waals surface area contributed by atoms with Crippen LogP contribution in [0.1, 0.15) is 29.7 Å². The molecule has 0 amide bonds. The third kappa shape index (κ3) is 4.29. The summed E-state index contributed by atoms with van der Waals surface area (Å²) in [4.78, 5) is 3.34. The molecule has 0 aliphatic carbocycles. The van der Waals surface area contributed by atoms with Gasteiger partial charge in [0.25, 0.3) is 0 Å². The van der Waals surface area contributed by atoms with Crippen molar-refractivity contribution in [2.75, 3.05) is 12.3 Å². The summed E-state index contributed by atoms with van der Waals surface area (Å²) in [7, 11) is 0. The zero-order chi connectivity index (χ0) is 18.5. The van der Waals surface area contributed by atoms with Gasteiger partial charge < -0.3 is 15.4 Å². The maximum atomic E-state index is 9.66. The Labute approximate surface area is 164 Å². The van der Waals surface area contributed by atoms with E-state index >= 15 is 0 Å². The maximum absolute atomic E-state index is 9.66. The molecule has 1 aliphatic rings. The second kappa shape index (κ2) is 8.79. The fourth-order valence-electron chi connectivity index (χ4n) is 3.82. The van der Waals surface area contributed by atoms with E-state index < -0.39 is 0 Å². The molecule has 1 unspecified atom stereocenters. The van der Waals surface area contributed by atoms with Gasteiger partial charge in [-0.05, 0) is 41.4 Å². The molecule has 3 nitrogen and oxygen atoms in total. The van der Waals surface area contributed by atoms with Gasteiger partial charge in [-0.2, -0.15) is 11.8 Å². The van der Waals surface area contributed by atoms with Crippen LogP contribution in [-0.4, -0.2) is 28.4 Å². The molecule has 0 saturated heterocycles. The average Bonchev–Trinajstić information content (AvgIpc) is 3.10. The number of aromatic nitrogens is 1. The number of nitrogens with one attached hydrogen (secondary N) is 2. The van der Waals surface area contributed by atoms with Gasteiger partial charge in [0.2, 0.25) is 0 Å². The van der Waals surface area contributed by atoms with E-state index in [4.69, 9.17) is 0 Å². The number of fused-ring (bicyclic) bond motifs is 1. The molecule has 4 rings (SSSR count). The van der Waals surface area contributed by atoms with Crippen molar-refractivity contribution in [3.8, 4) is 0 Å². The Kier molecular flexibility index (Phi) is 5.97. The van der Waals surface area contributed by atoms with Crippen LogP contribution in [0.25, 0.3) is 16.5 Å². The van der Waals surface area contributed by atoms with E-state index in [1.165, 1.54) is 22.1 Å². The number of aliphatic hydroxyl groups is 1. The highest BCUT2D eigenvalue weighted by Crippen LogP contribution is 2.28. The van der Waals surface area contributed by atoms with Crippen LogP contribution in [0.3, 0.4) is 0 Å². The highest BCUT2D eigenvalue weighted by molar-refractivity contribution is 7.98. The van der Waals surface area contributed by atoms with Crippen molar-refractivity contribution >= 4 is 28.2 Å². The lowest BCUT2D eigenvalue weighted by molar-refractivity contribution is 0.277. The number of para-hydroxylation sites is 1. The summed E-state index contributed by atoms with van der Waals surface area (Å²) in [5.41, 5.74) is 6.13. The van der Waals surface area contributed by atoms with Gasteiger partial charge in [-0.25, -0.2) is 0 Å². The van der Waals surface area contributed by atoms with Gasteiger partial charge in [-0.3, -0.25) is 0 Å².